The molecule has 0 aliphatic carbocycles. The number of rotatable bonds is 5. The van der Waals surface area contributed by atoms with Crippen LogP contribution in [0.2, 0.25) is 5.28 Å². The molecule has 0 aromatic carbocycles. The summed E-state index contributed by atoms with van der Waals surface area (Å²) in [5.41, 5.74) is 0.529. The maximum absolute atomic E-state index is 8.99. The number of halogens is 1. The van der Waals surface area contributed by atoms with Crippen molar-refractivity contribution in [3.8, 4) is 0 Å². The molecule has 2 aromatic rings. The van der Waals surface area contributed by atoms with Gasteiger partial charge >= 0.3 is 0 Å². The third kappa shape index (κ3) is 2.46. The van der Waals surface area contributed by atoms with E-state index in [1.54, 1.807) is 11.1 Å². The number of hydrogen-bond acceptors (Lipinski definition) is 6. The molecular formula is C9H12ClN5O2. The van der Waals surface area contributed by atoms with Crippen LogP contribution in [0, 0.1) is 0 Å². The van der Waals surface area contributed by atoms with E-state index in [0.29, 0.717) is 29.9 Å². The van der Waals surface area contributed by atoms with E-state index in [-0.39, 0.29) is 18.5 Å². The third-order valence-electron chi connectivity index (χ3n) is 2.30. The van der Waals surface area contributed by atoms with Gasteiger partial charge in [0.2, 0.25) is 5.28 Å². The van der Waals surface area contributed by atoms with E-state index < -0.39 is 0 Å². The highest BCUT2D eigenvalue weighted by molar-refractivity contribution is 6.28. The van der Waals surface area contributed by atoms with Crippen LogP contribution in [-0.2, 0) is 0 Å². The van der Waals surface area contributed by atoms with Gasteiger partial charge in [-0.3, -0.25) is 5.10 Å². The second-order valence-corrected chi connectivity index (χ2v) is 3.72. The molecule has 0 bridgehead atoms. The first-order valence-electron chi connectivity index (χ1n) is 5.09. The molecule has 0 radical (unpaired) electrons. The monoisotopic (exact) mass is 257 g/mol. The lowest BCUT2D eigenvalue weighted by molar-refractivity contribution is 0.281. The molecule has 2 rings (SSSR count). The topological polar surface area (TPSA) is 98.2 Å². The molecule has 0 aliphatic heterocycles. The van der Waals surface area contributed by atoms with Crippen LogP contribution >= 0.6 is 11.6 Å². The molecular weight excluding hydrogens is 246 g/mol. The van der Waals surface area contributed by atoms with Crippen LogP contribution < -0.4 is 4.90 Å². The van der Waals surface area contributed by atoms with Crippen molar-refractivity contribution in [3.05, 3.63) is 11.5 Å². The third-order valence-corrected chi connectivity index (χ3v) is 2.47. The molecule has 7 nitrogen and oxygen atoms in total. The molecule has 0 saturated carbocycles. The van der Waals surface area contributed by atoms with Gasteiger partial charge in [-0.25, -0.2) is 0 Å². The molecule has 0 spiro atoms. The van der Waals surface area contributed by atoms with Crippen LogP contribution in [0.25, 0.3) is 11.0 Å². The quantitative estimate of drug-likeness (QED) is 0.642. The standard InChI is InChI=1S/C9H12ClN5O2/c10-9-12-7-6(5-11-14-7)8(13-9)15(1-3-16)2-4-17/h5,16-17H,1-4H2,(H,11,12,13,14). The van der Waals surface area contributed by atoms with Crippen LogP contribution in [-0.4, -0.2) is 56.7 Å². The van der Waals surface area contributed by atoms with Gasteiger partial charge in [-0.15, -0.1) is 0 Å². The number of aromatic amines is 1. The minimum atomic E-state index is -0.0407. The minimum Gasteiger partial charge on any atom is -0.395 e. The van der Waals surface area contributed by atoms with Gasteiger partial charge < -0.3 is 15.1 Å². The molecule has 3 N–H and O–H groups in total. The normalized spacial score (nSPS) is 11.0. The Morgan fingerprint density at radius 1 is 1.24 bits per heavy atom. The summed E-state index contributed by atoms with van der Waals surface area (Å²) in [7, 11) is 0. The predicted octanol–water partition coefficient (Wildman–Crippen LogP) is -0.203. The van der Waals surface area contributed by atoms with Gasteiger partial charge in [0.1, 0.15) is 5.82 Å². The Kier molecular flexibility index (Phi) is 3.72. The van der Waals surface area contributed by atoms with Gasteiger partial charge in [-0.05, 0) is 11.6 Å². The van der Waals surface area contributed by atoms with Gasteiger partial charge in [0.25, 0.3) is 0 Å². The largest absolute Gasteiger partial charge is 0.395 e. The first-order chi connectivity index (χ1) is 8.26. The summed E-state index contributed by atoms with van der Waals surface area (Å²) in [6.45, 7) is 0.629. The fourth-order valence-corrected chi connectivity index (χ4v) is 1.76. The van der Waals surface area contributed by atoms with E-state index >= 15 is 0 Å². The molecule has 0 unspecified atom stereocenters. The molecule has 2 heterocycles. The van der Waals surface area contributed by atoms with E-state index in [4.69, 9.17) is 21.8 Å². The van der Waals surface area contributed by atoms with Crippen molar-refractivity contribution < 1.29 is 10.2 Å². The number of aliphatic hydroxyl groups is 2. The molecule has 0 fully saturated rings. The molecule has 92 valence electrons. The molecule has 8 heteroatoms. The summed E-state index contributed by atoms with van der Waals surface area (Å²) < 4.78 is 0. The predicted molar refractivity (Wildman–Crippen MR) is 63.1 cm³/mol. The van der Waals surface area contributed by atoms with Crippen LogP contribution in [0.3, 0.4) is 0 Å². The molecule has 0 atom stereocenters. The average Bonchev–Trinajstić information content (AvgIpc) is 2.75. The van der Waals surface area contributed by atoms with Gasteiger partial charge in [-0.1, -0.05) is 0 Å². The molecule has 2 aromatic heterocycles. The van der Waals surface area contributed by atoms with Crippen molar-refractivity contribution in [2.75, 3.05) is 31.2 Å². The number of aromatic nitrogens is 4. The SMILES string of the molecule is OCCN(CCO)c1nc(Cl)nc2[nH]ncc12. The van der Waals surface area contributed by atoms with Crippen molar-refractivity contribution in [3.63, 3.8) is 0 Å². The Morgan fingerprint density at radius 2 is 1.94 bits per heavy atom. The van der Waals surface area contributed by atoms with Crippen LogP contribution in [0.5, 0.6) is 0 Å². The maximum atomic E-state index is 8.99. The zero-order chi connectivity index (χ0) is 12.3. The zero-order valence-electron chi connectivity index (χ0n) is 8.97. The van der Waals surface area contributed by atoms with Gasteiger partial charge in [0.05, 0.1) is 24.8 Å². The van der Waals surface area contributed by atoms with Crippen molar-refractivity contribution >= 4 is 28.5 Å². The zero-order valence-corrected chi connectivity index (χ0v) is 9.72. The number of aliphatic hydroxyl groups excluding tert-OH is 2. The van der Waals surface area contributed by atoms with E-state index in [9.17, 15) is 0 Å². The summed E-state index contributed by atoms with van der Waals surface area (Å²) in [6, 6.07) is 0. The van der Waals surface area contributed by atoms with Crippen LogP contribution in [0.1, 0.15) is 0 Å². The van der Waals surface area contributed by atoms with E-state index in [0.717, 1.165) is 0 Å². The molecule has 0 aliphatic rings. The Bertz CT molecular complexity index is 497. The van der Waals surface area contributed by atoms with Crippen molar-refractivity contribution in [2.45, 2.75) is 0 Å². The van der Waals surface area contributed by atoms with Crippen molar-refractivity contribution in [1.29, 1.82) is 0 Å². The molecule has 0 saturated heterocycles. The number of H-pyrrole nitrogens is 1. The number of anilines is 1. The fourth-order valence-electron chi connectivity index (χ4n) is 1.60. The number of nitrogens with zero attached hydrogens (tertiary/aromatic N) is 4. The Labute approximate surface area is 102 Å². The van der Waals surface area contributed by atoms with E-state index in [1.807, 2.05) is 0 Å². The van der Waals surface area contributed by atoms with Crippen LogP contribution in [0.4, 0.5) is 5.82 Å². The van der Waals surface area contributed by atoms with Crippen LogP contribution in [0.15, 0.2) is 6.20 Å². The lowest BCUT2D eigenvalue weighted by Gasteiger charge is -2.22. The highest BCUT2D eigenvalue weighted by Gasteiger charge is 2.14. The summed E-state index contributed by atoms with van der Waals surface area (Å²) in [4.78, 5) is 9.82. The highest BCUT2D eigenvalue weighted by atomic mass is 35.5. The molecule has 17 heavy (non-hydrogen) atoms. The van der Waals surface area contributed by atoms with Gasteiger partial charge in [0.15, 0.2) is 5.65 Å². The molecule has 0 amide bonds. The first kappa shape index (κ1) is 12.0. The lowest BCUT2D eigenvalue weighted by atomic mass is 10.3. The lowest BCUT2D eigenvalue weighted by Crippen LogP contribution is -2.30. The summed E-state index contributed by atoms with van der Waals surface area (Å²) in [5, 5.41) is 25.4. The van der Waals surface area contributed by atoms with Crippen molar-refractivity contribution in [2.24, 2.45) is 0 Å². The highest BCUT2D eigenvalue weighted by Crippen LogP contribution is 2.23. The number of fused-ring (bicyclic) bond motifs is 1. The maximum Gasteiger partial charge on any atom is 0.226 e. The second-order valence-electron chi connectivity index (χ2n) is 3.38. The first-order valence-corrected chi connectivity index (χ1v) is 5.47. The fraction of sp³-hybridized carbons (Fsp3) is 0.444. The number of hydrogen-bond donors (Lipinski definition) is 3. The van der Waals surface area contributed by atoms with E-state index in [2.05, 4.69) is 20.2 Å². The smallest absolute Gasteiger partial charge is 0.226 e. The Hall–Kier alpha value is -1.44. The van der Waals surface area contributed by atoms with Gasteiger partial charge in [0, 0.05) is 13.1 Å². The summed E-state index contributed by atoms with van der Waals surface area (Å²) in [5.74, 6) is 0.553. The van der Waals surface area contributed by atoms with Crippen molar-refractivity contribution in [1.82, 2.24) is 20.2 Å². The number of nitrogens with one attached hydrogen (secondary N) is 1. The second kappa shape index (κ2) is 5.26. The van der Waals surface area contributed by atoms with Gasteiger partial charge in [-0.2, -0.15) is 15.1 Å². The van der Waals surface area contributed by atoms with E-state index in [1.165, 1.54) is 0 Å². The minimum absolute atomic E-state index is 0.0407. The summed E-state index contributed by atoms with van der Waals surface area (Å²) in [6.07, 6.45) is 1.59. The Balaban J connectivity index is 2.46. The Morgan fingerprint density at radius 3 is 2.59 bits per heavy atom. The summed E-state index contributed by atoms with van der Waals surface area (Å²) >= 11 is 5.80. The average molecular weight is 258 g/mol.